The number of carboxylic acids is 1. The van der Waals surface area contributed by atoms with Crippen molar-refractivity contribution in [3.05, 3.63) is 88.1 Å². The monoisotopic (exact) mass is 563 g/mol. The molecule has 2 aromatic heterocycles. The maximum absolute atomic E-state index is 14.1. The molecular weight excluding hydrogens is 533 g/mol. The fraction of sp³-hybridized carbons (Fsp3) is 0.387. The molecule has 1 aliphatic carbocycles. The summed E-state index contributed by atoms with van der Waals surface area (Å²) in [7, 11) is 0. The molecule has 1 aliphatic heterocycles. The van der Waals surface area contributed by atoms with E-state index in [2.05, 4.69) is 4.57 Å². The molecule has 3 heterocycles. The zero-order chi connectivity index (χ0) is 27.6. The topological polar surface area (TPSA) is 86.5 Å². The van der Waals surface area contributed by atoms with Crippen molar-refractivity contribution in [2.75, 3.05) is 6.61 Å². The summed E-state index contributed by atoms with van der Waals surface area (Å²) in [6.45, 7) is 1.56. The predicted molar refractivity (Wildman–Crippen MR) is 149 cm³/mol. The van der Waals surface area contributed by atoms with Crippen molar-refractivity contribution in [1.82, 2.24) is 14.5 Å². The number of aromatic carboxylic acids is 1. The molecule has 0 amide bonds. The van der Waals surface area contributed by atoms with Crippen LogP contribution in [0.25, 0.3) is 11.0 Å². The summed E-state index contributed by atoms with van der Waals surface area (Å²) in [5.41, 5.74) is 3.40. The highest BCUT2D eigenvalue weighted by Gasteiger charge is 2.27. The van der Waals surface area contributed by atoms with Crippen molar-refractivity contribution in [2.24, 2.45) is 5.92 Å². The second-order valence-corrected chi connectivity index (χ2v) is 11.2. The lowest BCUT2D eigenvalue weighted by atomic mass is 9.79. The third-order valence-electron chi connectivity index (χ3n) is 8.13. The number of hydrogen-bond donors (Lipinski definition) is 1. The number of rotatable bonds is 9. The van der Waals surface area contributed by atoms with Crippen molar-refractivity contribution in [2.45, 2.75) is 63.7 Å². The van der Waals surface area contributed by atoms with Gasteiger partial charge in [-0.15, -0.1) is 0 Å². The Kier molecular flexibility index (Phi) is 7.71. The van der Waals surface area contributed by atoms with Crippen molar-refractivity contribution >= 4 is 28.6 Å². The maximum atomic E-state index is 14.1. The lowest BCUT2D eigenvalue weighted by Gasteiger charge is -2.30. The average Bonchev–Trinajstić information content (AvgIpc) is 3.26. The molecule has 7 nitrogen and oxygen atoms in total. The molecule has 1 saturated heterocycles. The lowest BCUT2D eigenvalue weighted by molar-refractivity contribution is -0.0590. The SMILES string of the molecule is O=C(O)c1ccc2nc(CC3CCC(c4cccc(OCc5ccc(Cl)cc5F)n4)CC3)n(C[C@@H]3CCO3)c2c1. The van der Waals surface area contributed by atoms with E-state index in [9.17, 15) is 14.3 Å². The molecule has 1 saturated carbocycles. The third kappa shape index (κ3) is 5.83. The van der Waals surface area contributed by atoms with E-state index < -0.39 is 11.8 Å². The van der Waals surface area contributed by atoms with Gasteiger partial charge in [0.1, 0.15) is 18.2 Å². The first kappa shape index (κ1) is 26.7. The first-order chi connectivity index (χ1) is 19.4. The Morgan fingerprint density at radius 3 is 2.62 bits per heavy atom. The Morgan fingerprint density at radius 2 is 1.90 bits per heavy atom. The van der Waals surface area contributed by atoms with Gasteiger partial charge in [0.2, 0.25) is 5.88 Å². The van der Waals surface area contributed by atoms with E-state index in [-0.39, 0.29) is 18.3 Å². The van der Waals surface area contributed by atoms with Crippen LogP contribution in [-0.4, -0.2) is 38.3 Å². The normalized spacial score (nSPS) is 20.8. The minimum absolute atomic E-state index is 0.0903. The summed E-state index contributed by atoms with van der Waals surface area (Å²) in [6, 6.07) is 15.5. The quantitative estimate of drug-likeness (QED) is 0.241. The molecule has 0 bridgehead atoms. The van der Waals surface area contributed by atoms with E-state index in [1.807, 2.05) is 12.1 Å². The van der Waals surface area contributed by atoms with Gasteiger partial charge < -0.3 is 19.1 Å². The summed E-state index contributed by atoms with van der Waals surface area (Å²) in [5, 5.41) is 9.85. The number of carbonyl (C=O) groups is 1. The number of benzene rings is 2. The van der Waals surface area contributed by atoms with Crippen LogP contribution in [0.3, 0.4) is 0 Å². The van der Waals surface area contributed by atoms with Crippen LogP contribution < -0.4 is 4.74 Å². The molecule has 2 aliphatic rings. The molecular formula is C31H31ClFN3O4. The molecule has 0 radical (unpaired) electrons. The van der Waals surface area contributed by atoms with E-state index in [1.54, 1.807) is 36.4 Å². The van der Waals surface area contributed by atoms with Crippen molar-refractivity contribution in [1.29, 1.82) is 0 Å². The second-order valence-electron chi connectivity index (χ2n) is 10.8. The number of halogens is 2. The molecule has 2 aromatic carbocycles. The smallest absolute Gasteiger partial charge is 0.335 e. The van der Waals surface area contributed by atoms with Crippen LogP contribution in [0.4, 0.5) is 4.39 Å². The van der Waals surface area contributed by atoms with Crippen LogP contribution in [0.15, 0.2) is 54.6 Å². The van der Waals surface area contributed by atoms with E-state index in [1.165, 1.54) is 6.07 Å². The van der Waals surface area contributed by atoms with Gasteiger partial charge in [-0.1, -0.05) is 23.7 Å². The van der Waals surface area contributed by atoms with E-state index in [4.69, 9.17) is 31.0 Å². The predicted octanol–water partition coefficient (Wildman–Crippen LogP) is 6.81. The Morgan fingerprint density at radius 1 is 1.07 bits per heavy atom. The van der Waals surface area contributed by atoms with Gasteiger partial charge in [-0.25, -0.2) is 19.2 Å². The number of imidazole rings is 1. The third-order valence-corrected chi connectivity index (χ3v) is 8.36. The molecule has 2 fully saturated rings. The van der Waals surface area contributed by atoms with Gasteiger partial charge >= 0.3 is 5.97 Å². The highest BCUT2D eigenvalue weighted by molar-refractivity contribution is 6.30. The highest BCUT2D eigenvalue weighted by atomic mass is 35.5. The van der Waals surface area contributed by atoms with Crippen LogP contribution in [0, 0.1) is 11.7 Å². The number of nitrogens with zero attached hydrogens (tertiary/aromatic N) is 3. The lowest BCUT2D eigenvalue weighted by Crippen LogP contribution is -2.32. The molecule has 6 rings (SSSR count). The van der Waals surface area contributed by atoms with Crippen molar-refractivity contribution in [3.63, 3.8) is 0 Å². The van der Waals surface area contributed by atoms with Gasteiger partial charge in [0, 0.05) is 41.3 Å². The summed E-state index contributed by atoms with van der Waals surface area (Å²) in [6.07, 6.45) is 6.14. The minimum Gasteiger partial charge on any atom is -0.478 e. The molecule has 40 heavy (non-hydrogen) atoms. The number of aromatic nitrogens is 3. The molecule has 1 N–H and O–H groups in total. The van der Waals surface area contributed by atoms with Crippen molar-refractivity contribution < 1.29 is 23.8 Å². The fourth-order valence-corrected chi connectivity index (χ4v) is 5.91. The zero-order valence-corrected chi connectivity index (χ0v) is 22.8. The van der Waals surface area contributed by atoms with E-state index in [0.29, 0.717) is 34.8 Å². The van der Waals surface area contributed by atoms with Crippen molar-refractivity contribution in [3.8, 4) is 5.88 Å². The van der Waals surface area contributed by atoms with Crippen LogP contribution in [0.1, 0.15) is 65.5 Å². The summed E-state index contributed by atoms with van der Waals surface area (Å²) < 4.78 is 27.8. The van der Waals surface area contributed by atoms with E-state index >= 15 is 0 Å². The summed E-state index contributed by atoms with van der Waals surface area (Å²) >= 11 is 5.84. The van der Waals surface area contributed by atoms with E-state index in [0.717, 1.165) is 67.7 Å². The number of carboxylic acid groups (broad SMARTS) is 1. The Bertz CT molecular complexity index is 1530. The minimum atomic E-state index is -0.936. The van der Waals surface area contributed by atoms with Gasteiger partial charge in [0.15, 0.2) is 0 Å². The maximum Gasteiger partial charge on any atom is 0.335 e. The van der Waals surface area contributed by atoms with Crippen LogP contribution in [0.5, 0.6) is 5.88 Å². The Hall–Kier alpha value is -3.49. The Labute approximate surface area is 236 Å². The first-order valence-electron chi connectivity index (χ1n) is 13.8. The standard InChI is InChI=1S/C31H31ClFN3O4/c32-23-10-8-22(25(33)16-23)18-40-30-3-1-2-26(35-30)20-6-4-19(5-7-20)14-29-34-27-11-9-21(31(37)38)15-28(27)36(29)17-24-12-13-39-24/h1-3,8-11,15-16,19-20,24H,4-7,12-14,17-18H2,(H,37,38)/t19?,20?,24-/m0/s1. The number of pyridine rings is 1. The van der Waals surface area contributed by atoms with Crippen LogP contribution in [-0.2, 0) is 24.3 Å². The van der Waals surface area contributed by atoms with Crippen LogP contribution in [0.2, 0.25) is 5.02 Å². The largest absolute Gasteiger partial charge is 0.478 e. The number of hydrogen-bond acceptors (Lipinski definition) is 5. The van der Waals surface area contributed by atoms with Gasteiger partial charge in [0.05, 0.1) is 29.2 Å². The van der Waals surface area contributed by atoms with Gasteiger partial charge in [-0.3, -0.25) is 0 Å². The first-order valence-corrected chi connectivity index (χ1v) is 14.2. The number of fused-ring (bicyclic) bond motifs is 1. The highest BCUT2D eigenvalue weighted by Crippen LogP contribution is 2.37. The van der Waals surface area contributed by atoms with Crippen LogP contribution >= 0.6 is 11.6 Å². The molecule has 9 heteroatoms. The molecule has 208 valence electrons. The average molecular weight is 564 g/mol. The number of ether oxygens (including phenoxy) is 2. The van der Waals surface area contributed by atoms with Gasteiger partial charge in [-0.2, -0.15) is 0 Å². The molecule has 0 unspecified atom stereocenters. The summed E-state index contributed by atoms with van der Waals surface area (Å²) in [5.74, 6) is 0.988. The molecule has 0 spiro atoms. The molecule has 1 atom stereocenters. The molecule has 4 aromatic rings. The fourth-order valence-electron chi connectivity index (χ4n) is 5.75. The van der Waals surface area contributed by atoms with Gasteiger partial charge in [-0.05, 0) is 74.4 Å². The Balaban J connectivity index is 1.11. The summed E-state index contributed by atoms with van der Waals surface area (Å²) in [4.78, 5) is 21.2. The second kappa shape index (κ2) is 11.6. The zero-order valence-electron chi connectivity index (χ0n) is 22.1. The van der Waals surface area contributed by atoms with Gasteiger partial charge in [0.25, 0.3) is 0 Å².